The van der Waals surface area contributed by atoms with Crippen molar-refractivity contribution in [2.24, 2.45) is 0 Å². The number of anilines is 1. The number of carbonyl (C=O) groups is 1. The Kier molecular flexibility index (Phi) is 4.17. The molecule has 0 fully saturated rings. The van der Waals surface area contributed by atoms with E-state index in [0.717, 1.165) is 30.5 Å². The molecule has 0 unspecified atom stereocenters. The predicted octanol–water partition coefficient (Wildman–Crippen LogP) is 2.88. The van der Waals surface area contributed by atoms with Crippen molar-refractivity contribution in [2.75, 3.05) is 11.9 Å². The van der Waals surface area contributed by atoms with Crippen LogP contribution >= 0.6 is 0 Å². The third-order valence-corrected chi connectivity index (χ3v) is 2.64. The Morgan fingerprint density at radius 3 is 2.89 bits per heavy atom. The summed E-state index contributed by atoms with van der Waals surface area (Å²) >= 11 is 0. The maximum Gasteiger partial charge on any atom is 0.303 e. The third-order valence-electron chi connectivity index (χ3n) is 2.64. The standard InChI is InChI=1S/C13H16N2O3/c16-12(17)8-2-1-5-9-14-13-15-10-6-3-4-7-11(10)18-13/h3-4,6-7H,1-2,5,8-9H2,(H,14,15)(H,16,17). The van der Waals surface area contributed by atoms with Crippen LogP contribution in [-0.2, 0) is 4.79 Å². The maximum absolute atomic E-state index is 10.3. The first-order valence-corrected chi connectivity index (χ1v) is 6.07. The molecule has 2 N–H and O–H groups in total. The van der Waals surface area contributed by atoms with E-state index in [9.17, 15) is 4.79 Å². The van der Waals surface area contributed by atoms with Crippen LogP contribution in [0.15, 0.2) is 28.7 Å². The van der Waals surface area contributed by atoms with Crippen LogP contribution < -0.4 is 5.32 Å². The zero-order chi connectivity index (χ0) is 12.8. The third kappa shape index (κ3) is 3.48. The summed E-state index contributed by atoms with van der Waals surface area (Å²) in [5.74, 6) is -0.734. The Morgan fingerprint density at radius 2 is 2.11 bits per heavy atom. The van der Waals surface area contributed by atoms with Crippen LogP contribution in [0.4, 0.5) is 6.01 Å². The van der Waals surface area contributed by atoms with Gasteiger partial charge in [-0.25, -0.2) is 0 Å². The molecule has 0 aliphatic carbocycles. The molecule has 0 saturated carbocycles. The second kappa shape index (κ2) is 6.05. The second-order valence-corrected chi connectivity index (χ2v) is 4.12. The Bertz CT molecular complexity index is 489. The first-order chi connectivity index (χ1) is 8.75. The van der Waals surface area contributed by atoms with Gasteiger partial charge in [-0.1, -0.05) is 18.6 Å². The van der Waals surface area contributed by atoms with E-state index in [4.69, 9.17) is 9.52 Å². The van der Waals surface area contributed by atoms with Gasteiger partial charge in [-0.05, 0) is 25.0 Å². The van der Waals surface area contributed by atoms with Crippen molar-refractivity contribution in [3.05, 3.63) is 24.3 Å². The highest BCUT2D eigenvalue weighted by molar-refractivity contribution is 5.74. The molecule has 2 rings (SSSR count). The van der Waals surface area contributed by atoms with Gasteiger partial charge >= 0.3 is 5.97 Å². The van der Waals surface area contributed by atoms with Crippen molar-refractivity contribution >= 4 is 23.1 Å². The molecule has 18 heavy (non-hydrogen) atoms. The SMILES string of the molecule is O=C(O)CCCCCNc1nc2ccccc2o1. The summed E-state index contributed by atoms with van der Waals surface area (Å²) in [5.41, 5.74) is 1.61. The minimum Gasteiger partial charge on any atom is -0.481 e. The summed E-state index contributed by atoms with van der Waals surface area (Å²) < 4.78 is 5.50. The highest BCUT2D eigenvalue weighted by Crippen LogP contribution is 2.17. The minimum absolute atomic E-state index is 0.239. The van der Waals surface area contributed by atoms with E-state index in [1.807, 2.05) is 24.3 Å². The Hall–Kier alpha value is -2.04. The monoisotopic (exact) mass is 248 g/mol. The topological polar surface area (TPSA) is 75.4 Å². The van der Waals surface area contributed by atoms with Crippen molar-refractivity contribution < 1.29 is 14.3 Å². The van der Waals surface area contributed by atoms with Crippen molar-refractivity contribution in [1.82, 2.24) is 4.98 Å². The molecule has 1 heterocycles. The lowest BCUT2D eigenvalue weighted by Crippen LogP contribution is -2.02. The lowest BCUT2D eigenvalue weighted by atomic mass is 10.2. The second-order valence-electron chi connectivity index (χ2n) is 4.12. The van der Waals surface area contributed by atoms with Crippen LogP contribution in [0.1, 0.15) is 25.7 Å². The number of aromatic nitrogens is 1. The van der Waals surface area contributed by atoms with Gasteiger partial charge in [-0.3, -0.25) is 4.79 Å². The number of oxazole rings is 1. The smallest absolute Gasteiger partial charge is 0.303 e. The molecule has 5 nitrogen and oxygen atoms in total. The summed E-state index contributed by atoms with van der Waals surface area (Å²) in [5, 5.41) is 11.6. The molecular formula is C13H16N2O3. The molecule has 0 spiro atoms. The molecule has 0 saturated heterocycles. The van der Waals surface area contributed by atoms with Gasteiger partial charge in [-0.2, -0.15) is 4.98 Å². The van der Waals surface area contributed by atoms with Crippen LogP contribution in [0.2, 0.25) is 0 Å². The van der Waals surface area contributed by atoms with Gasteiger partial charge in [-0.15, -0.1) is 0 Å². The molecule has 0 aliphatic heterocycles. The van der Waals surface area contributed by atoms with Crippen molar-refractivity contribution in [2.45, 2.75) is 25.7 Å². The van der Waals surface area contributed by atoms with Crippen molar-refractivity contribution in [3.63, 3.8) is 0 Å². The van der Waals surface area contributed by atoms with E-state index < -0.39 is 5.97 Å². The number of hydrogen-bond acceptors (Lipinski definition) is 4. The first kappa shape index (κ1) is 12.4. The normalized spacial score (nSPS) is 10.7. The molecule has 0 bridgehead atoms. The molecule has 0 radical (unpaired) electrons. The number of carboxylic acid groups (broad SMARTS) is 1. The van der Waals surface area contributed by atoms with Crippen LogP contribution in [0.5, 0.6) is 0 Å². The first-order valence-electron chi connectivity index (χ1n) is 6.07. The number of aliphatic carboxylic acids is 1. The Labute approximate surface area is 105 Å². The highest BCUT2D eigenvalue weighted by atomic mass is 16.4. The Balaban J connectivity index is 1.72. The van der Waals surface area contributed by atoms with Gasteiger partial charge in [0.05, 0.1) is 0 Å². The summed E-state index contributed by atoms with van der Waals surface area (Å²) in [6.07, 6.45) is 2.75. The number of nitrogens with zero attached hydrogens (tertiary/aromatic N) is 1. The van der Waals surface area contributed by atoms with E-state index in [0.29, 0.717) is 12.4 Å². The van der Waals surface area contributed by atoms with Gasteiger partial charge in [0.2, 0.25) is 0 Å². The minimum atomic E-state index is -0.734. The van der Waals surface area contributed by atoms with Crippen LogP contribution in [0.3, 0.4) is 0 Å². The maximum atomic E-state index is 10.3. The molecule has 2 aromatic rings. The lowest BCUT2D eigenvalue weighted by Gasteiger charge is -2.00. The van der Waals surface area contributed by atoms with Crippen molar-refractivity contribution in [3.8, 4) is 0 Å². The Morgan fingerprint density at radius 1 is 1.28 bits per heavy atom. The quantitative estimate of drug-likeness (QED) is 0.737. The number of rotatable bonds is 7. The zero-order valence-electron chi connectivity index (χ0n) is 10.1. The van der Waals surface area contributed by atoms with Gasteiger partial charge in [0.25, 0.3) is 6.01 Å². The lowest BCUT2D eigenvalue weighted by molar-refractivity contribution is -0.137. The molecule has 0 atom stereocenters. The fraction of sp³-hybridized carbons (Fsp3) is 0.385. The summed E-state index contributed by atoms with van der Waals surface area (Å²) in [7, 11) is 0. The van der Waals surface area contributed by atoms with E-state index in [-0.39, 0.29) is 6.42 Å². The van der Waals surface area contributed by atoms with E-state index in [2.05, 4.69) is 10.3 Å². The van der Waals surface area contributed by atoms with Gasteiger partial charge in [0.15, 0.2) is 5.58 Å². The predicted molar refractivity (Wildman–Crippen MR) is 68.6 cm³/mol. The fourth-order valence-corrected chi connectivity index (χ4v) is 1.72. The molecule has 0 amide bonds. The average Bonchev–Trinajstić information content (AvgIpc) is 2.75. The van der Waals surface area contributed by atoms with Gasteiger partial charge in [0.1, 0.15) is 5.52 Å². The van der Waals surface area contributed by atoms with Crippen LogP contribution in [0.25, 0.3) is 11.1 Å². The molecular weight excluding hydrogens is 232 g/mol. The van der Waals surface area contributed by atoms with Crippen molar-refractivity contribution in [1.29, 1.82) is 0 Å². The van der Waals surface area contributed by atoms with Gasteiger partial charge < -0.3 is 14.8 Å². The number of carboxylic acids is 1. The van der Waals surface area contributed by atoms with Crippen LogP contribution in [-0.4, -0.2) is 22.6 Å². The number of hydrogen-bond donors (Lipinski definition) is 2. The molecule has 1 aromatic heterocycles. The number of unbranched alkanes of at least 4 members (excludes halogenated alkanes) is 2. The highest BCUT2D eigenvalue weighted by Gasteiger charge is 2.03. The van der Waals surface area contributed by atoms with E-state index in [1.54, 1.807) is 0 Å². The number of para-hydroxylation sites is 2. The number of nitrogens with one attached hydrogen (secondary N) is 1. The summed E-state index contributed by atoms with van der Waals surface area (Å²) in [4.78, 5) is 14.6. The number of fused-ring (bicyclic) bond motifs is 1. The summed E-state index contributed by atoms with van der Waals surface area (Å²) in [6.45, 7) is 0.743. The fourth-order valence-electron chi connectivity index (χ4n) is 1.72. The molecule has 0 aliphatic rings. The zero-order valence-corrected chi connectivity index (χ0v) is 10.1. The van der Waals surface area contributed by atoms with E-state index >= 15 is 0 Å². The summed E-state index contributed by atoms with van der Waals surface area (Å²) in [6, 6.07) is 8.12. The average molecular weight is 248 g/mol. The molecule has 96 valence electrons. The van der Waals surface area contributed by atoms with Crippen LogP contribution in [0, 0.1) is 0 Å². The largest absolute Gasteiger partial charge is 0.481 e. The number of benzene rings is 1. The van der Waals surface area contributed by atoms with E-state index in [1.165, 1.54) is 0 Å². The molecule has 5 heteroatoms. The molecule has 1 aromatic carbocycles. The van der Waals surface area contributed by atoms with Gasteiger partial charge in [0, 0.05) is 13.0 Å².